The molecule has 0 spiro atoms. The molecule has 0 unspecified atom stereocenters. The van der Waals surface area contributed by atoms with E-state index in [-0.39, 0.29) is 27.1 Å². The number of aryl methyl sites for hydroxylation is 1. The van der Waals surface area contributed by atoms with Gasteiger partial charge >= 0.3 is 0 Å². The van der Waals surface area contributed by atoms with E-state index in [0.29, 0.717) is 0 Å². The molecule has 3 nitrogen and oxygen atoms in total. The van der Waals surface area contributed by atoms with Crippen molar-refractivity contribution in [3.63, 3.8) is 0 Å². The van der Waals surface area contributed by atoms with Gasteiger partial charge in [0.2, 0.25) is 0 Å². The van der Waals surface area contributed by atoms with Crippen molar-refractivity contribution in [2.75, 3.05) is 15.1 Å². The van der Waals surface area contributed by atoms with Gasteiger partial charge in [0.15, 0.2) is 7.28 Å². The molecule has 0 saturated heterocycles. The van der Waals surface area contributed by atoms with Gasteiger partial charge in [-0.05, 0) is 168 Å². The van der Waals surface area contributed by atoms with Crippen LogP contribution in [-0.2, 0) is 27.1 Å². The van der Waals surface area contributed by atoms with Crippen LogP contribution in [0.2, 0.25) is 0 Å². The fraction of sp³-hybridized carbons (Fsp3) is 0.296. The molecular weight excluding hydrogens is 906 g/mol. The minimum absolute atomic E-state index is 0.0171. The van der Waals surface area contributed by atoms with Gasteiger partial charge in [-0.25, -0.2) is 0 Å². The van der Waals surface area contributed by atoms with Gasteiger partial charge in [0.1, 0.15) is 0 Å². The van der Waals surface area contributed by atoms with Crippen LogP contribution in [0.3, 0.4) is 0 Å². The minimum atomic E-state index is 0.0171. The molecule has 377 valence electrons. The maximum absolute atomic E-state index is 4.03. The summed E-state index contributed by atoms with van der Waals surface area (Å²) in [5.41, 5.74) is 22.3. The Morgan fingerprint density at radius 2 is 0.987 bits per heavy atom. The van der Waals surface area contributed by atoms with Crippen molar-refractivity contribution in [2.45, 2.75) is 137 Å². The summed E-state index contributed by atoms with van der Waals surface area (Å²) in [4.78, 5) is 5.07. The quantitative estimate of drug-likeness (QED) is 0.161. The van der Waals surface area contributed by atoms with Crippen molar-refractivity contribution >= 4 is 85.2 Å². The van der Waals surface area contributed by atoms with E-state index in [2.05, 4.69) is 289 Å². The largest absolute Gasteiger partial charge is 0.355 e. The Bertz CT molecular complexity index is 3590. The van der Waals surface area contributed by atoms with Gasteiger partial charge in [0, 0.05) is 50.8 Å². The molecular formula is C71H75BN3. The lowest BCUT2D eigenvalue weighted by Crippen LogP contribution is -2.41. The van der Waals surface area contributed by atoms with Crippen molar-refractivity contribution < 1.29 is 0 Å². The zero-order valence-electron chi connectivity index (χ0n) is 47.1. The van der Waals surface area contributed by atoms with Crippen LogP contribution in [0.1, 0.15) is 136 Å². The molecule has 0 atom stereocenters. The van der Waals surface area contributed by atoms with E-state index < -0.39 is 0 Å². The number of hydrogen-bond acceptors (Lipinski definition) is 3. The van der Waals surface area contributed by atoms with Crippen LogP contribution < -0.4 is 26.0 Å². The van der Waals surface area contributed by atoms with Crippen LogP contribution in [0.5, 0.6) is 0 Å². The zero-order valence-corrected chi connectivity index (χ0v) is 47.1. The number of rotatable bonds is 7. The second kappa shape index (κ2) is 18.1. The van der Waals surface area contributed by atoms with Crippen LogP contribution in [0.25, 0.3) is 32.7 Å². The summed E-state index contributed by atoms with van der Waals surface area (Å²) >= 11 is 0. The number of benzene rings is 9. The number of nitrogens with zero attached hydrogens (tertiary/aromatic N) is 2. The molecule has 0 saturated carbocycles. The smallest absolute Gasteiger partial charge is 0.197 e. The Morgan fingerprint density at radius 3 is 1.56 bits per heavy atom. The molecule has 0 fully saturated rings. The molecule has 0 bridgehead atoms. The molecule has 0 amide bonds. The predicted molar refractivity (Wildman–Crippen MR) is 327 cm³/mol. The number of hydrogen-bond donors (Lipinski definition) is 1. The van der Waals surface area contributed by atoms with Gasteiger partial charge in [-0.2, -0.15) is 0 Å². The lowest BCUT2D eigenvalue weighted by atomic mass is 9.57. The highest BCUT2D eigenvalue weighted by Crippen LogP contribution is 2.51. The third-order valence-electron chi connectivity index (χ3n) is 16.7. The fourth-order valence-electron chi connectivity index (χ4n) is 11.9. The number of anilines is 8. The Balaban J connectivity index is 1.18. The van der Waals surface area contributed by atoms with Crippen molar-refractivity contribution in [3.05, 3.63) is 203 Å². The number of fused-ring (bicyclic) bond motifs is 5. The van der Waals surface area contributed by atoms with Crippen LogP contribution in [0, 0.1) is 6.92 Å². The highest BCUT2D eigenvalue weighted by molar-refractivity contribution is 6.74. The van der Waals surface area contributed by atoms with Gasteiger partial charge in [0.25, 0.3) is 0 Å². The third kappa shape index (κ3) is 9.13. The van der Waals surface area contributed by atoms with Crippen LogP contribution in [0.4, 0.5) is 45.5 Å². The average Bonchev–Trinajstić information content (AvgIpc) is 3.38. The first-order valence-electron chi connectivity index (χ1n) is 27.4. The minimum Gasteiger partial charge on any atom is -0.355 e. The molecule has 75 heavy (non-hydrogen) atoms. The fourth-order valence-corrected chi connectivity index (χ4v) is 11.9. The molecule has 9 aromatic rings. The first kappa shape index (κ1) is 50.1. The molecule has 4 heteroatoms. The van der Waals surface area contributed by atoms with Crippen LogP contribution in [0.15, 0.2) is 170 Å². The molecule has 1 heterocycles. The van der Waals surface area contributed by atoms with Crippen molar-refractivity contribution in [3.8, 4) is 11.1 Å². The summed E-state index contributed by atoms with van der Waals surface area (Å²) in [7, 11) is 2.48. The Labute approximate surface area is 449 Å². The van der Waals surface area contributed by atoms with E-state index in [4.69, 9.17) is 0 Å². The maximum Gasteiger partial charge on any atom is 0.197 e. The lowest BCUT2D eigenvalue weighted by Gasteiger charge is -2.44. The molecule has 1 aliphatic carbocycles. The highest BCUT2D eigenvalue weighted by atomic mass is 15.2. The topological polar surface area (TPSA) is 18.5 Å². The molecule has 11 rings (SSSR count). The molecule has 2 aliphatic rings. The van der Waals surface area contributed by atoms with Crippen molar-refractivity contribution in [1.29, 1.82) is 0 Å². The Morgan fingerprint density at radius 1 is 0.480 bits per heavy atom. The third-order valence-corrected chi connectivity index (χ3v) is 16.7. The monoisotopic (exact) mass is 981 g/mol. The summed E-state index contributed by atoms with van der Waals surface area (Å²) in [6.45, 7) is 32.7. The van der Waals surface area contributed by atoms with Gasteiger partial charge in [0.05, 0.1) is 5.69 Å². The Kier molecular flexibility index (Phi) is 12.1. The van der Waals surface area contributed by atoms with Crippen molar-refractivity contribution in [1.82, 2.24) is 0 Å². The summed E-state index contributed by atoms with van der Waals surface area (Å²) in [5, 5.41) is 8.85. The van der Waals surface area contributed by atoms with Gasteiger partial charge in [-0.3, -0.25) is 0 Å². The van der Waals surface area contributed by atoms with Gasteiger partial charge in [-0.15, -0.1) is 0 Å². The second-order valence-electron chi connectivity index (χ2n) is 26.2. The van der Waals surface area contributed by atoms with E-state index >= 15 is 0 Å². The highest BCUT2D eigenvalue weighted by Gasteiger charge is 2.39. The van der Waals surface area contributed by atoms with Gasteiger partial charge in [-0.1, -0.05) is 205 Å². The first-order chi connectivity index (χ1) is 35.5. The summed E-state index contributed by atoms with van der Waals surface area (Å²) in [6.07, 6.45) is 2.31. The van der Waals surface area contributed by atoms with E-state index in [1.807, 2.05) is 0 Å². The zero-order chi connectivity index (χ0) is 53.0. The summed E-state index contributed by atoms with van der Waals surface area (Å²) in [5.74, 6) is 0. The van der Waals surface area contributed by atoms with E-state index in [0.717, 1.165) is 40.5 Å². The normalized spacial score (nSPS) is 15.0. The SMILES string of the molecule is Cc1cc2c(cc1N1c3cc(N(c4ccc(C(C)(C)C)cc4)c4ccc(C(C)(C)C)cc4)ccc3[B]c3c1cc1ccccc1c3-c1ccc3ccccc3c1Nc1ccc(C(C)(C)C)cc1)C(C)(C)CCC2(C)C. The maximum atomic E-state index is 4.03. The Hall–Kier alpha value is -7.04. The number of nitrogens with one attached hydrogen (secondary N) is 1. The van der Waals surface area contributed by atoms with E-state index in [1.165, 1.54) is 94.8 Å². The predicted octanol–water partition coefficient (Wildman–Crippen LogP) is 18.9. The molecule has 0 aromatic heterocycles. The molecule has 9 aromatic carbocycles. The average molecular weight is 981 g/mol. The molecule has 1 radical (unpaired) electrons. The molecule has 1 N–H and O–H groups in total. The standard InChI is InChI=1S/C71H75BN3/c1-45-41-58-59(71(13,14)40-39-70(58,11)12)44-61(45)75-62-43-54(74(52-32-26-49(27-33-52)68(5,6)7)53-34-28-50(29-35-53)69(8,9)10)36-38-60(62)72-65-63(75)42-47-20-16-17-21-55(47)64(65)57-37-23-46-19-15-18-22-56(46)66(57)73-51-30-24-48(25-31-51)67(2,3)4/h15-38,41-44,73H,39-40H2,1-14H3. The van der Waals surface area contributed by atoms with E-state index in [9.17, 15) is 0 Å². The lowest BCUT2D eigenvalue weighted by molar-refractivity contribution is 0.332. The van der Waals surface area contributed by atoms with Crippen LogP contribution in [-0.4, -0.2) is 7.28 Å². The summed E-state index contributed by atoms with van der Waals surface area (Å²) < 4.78 is 0. The van der Waals surface area contributed by atoms with Crippen LogP contribution >= 0.6 is 0 Å². The first-order valence-corrected chi connectivity index (χ1v) is 27.4. The van der Waals surface area contributed by atoms with Gasteiger partial charge < -0.3 is 15.1 Å². The van der Waals surface area contributed by atoms with Crippen molar-refractivity contribution in [2.24, 2.45) is 0 Å². The molecule has 1 aliphatic heterocycles. The summed E-state index contributed by atoms with van der Waals surface area (Å²) in [6, 6.07) is 64.7. The van der Waals surface area contributed by atoms with E-state index in [1.54, 1.807) is 0 Å². The second-order valence-corrected chi connectivity index (χ2v) is 26.2.